The number of likely N-dealkylation sites (tertiary alicyclic amines) is 1. The Bertz CT molecular complexity index is 750. The van der Waals surface area contributed by atoms with Gasteiger partial charge < -0.3 is 10.2 Å². The van der Waals surface area contributed by atoms with Gasteiger partial charge in [-0.25, -0.2) is 0 Å². The average molecular weight is 345 g/mol. The Morgan fingerprint density at radius 2 is 2.17 bits per heavy atom. The minimum atomic E-state index is -0.00620. The fraction of sp³-hybridized carbons (Fsp3) is 0.389. The van der Waals surface area contributed by atoms with Crippen molar-refractivity contribution in [2.75, 3.05) is 18.9 Å². The summed E-state index contributed by atoms with van der Waals surface area (Å²) in [5.74, 6) is 0.507. The fourth-order valence-electron chi connectivity index (χ4n) is 3.35. The number of anilines is 1. The Morgan fingerprint density at radius 3 is 2.92 bits per heavy atom. The van der Waals surface area contributed by atoms with E-state index in [2.05, 4.69) is 15.5 Å². The fourth-order valence-corrected chi connectivity index (χ4v) is 3.58. The summed E-state index contributed by atoms with van der Waals surface area (Å²) >= 11 is 6.09. The van der Waals surface area contributed by atoms with Gasteiger partial charge in [-0.1, -0.05) is 17.7 Å². The molecule has 3 rings (SSSR count). The maximum Gasteiger partial charge on any atom is 0.258 e. The van der Waals surface area contributed by atoms with Crippen LogP contribution in [0.25, 0.3) is 0 Å². The Labute approximate surface area is 147 Å². The third-order valence-electron chi connectivity index (χ3n) is 4.54. The van der Waals surface area contributed by atoms with Crippen LogP contribution < -0.4 is 5.32 Å². The van der Waals surface area contributed by atoms with Crippen LogP contribution in [0.5, 0.6) is 0 Å². The highest BCUT2D eigenvalue weighted by atomic mass is 35.5. The lowest BCUT2D eigenvalue weighted by Gasteiger charge is -2.37. The van der Waals surface area contributed by atoms with Crippen LogP contribution >= 0.6 is 11.6 Å². The second-order valence-electron chi connectivity index (χ2n) is 6.05. The zero-order valence-electron chi connectivity index (χ0n) is 13.9. The smallest absolute Gasteiger partial charge is 0.258 e. The first-order valence-electron chi connectivity index (χ1n) is 8.18. The van der Waals surface area contributed by atoms with Gasteiger partial charge in [-0.15, -0.1) is 5.10 Å². The van der Waals surface area contributed by atoms with Crippen LogP contribution in [0.15, 0.2) is 30.5 Å². The first-order valence-corrected chi connectivity index (χ1v) is 8.56. The molecular formula is C18H21ClN4O. The minimum Gasteiger partial charge on any atom is -0.371 e. The molecule has 0 unspecified atom stereocenters. The topological polar surface area (TPSA) is 58.1 Å². The number of hydrogen-bond acceptors (Lipinski definition) is 4. The molecule has 6 heteroatoms. The number of rotatable bonds is 3. The van der Waals surface area contributed by atoms with Gasteiger partial charge in [0, 0.05) is 18.6 Å². The number of aromatic nitrogens is 2. The van der Waals surface area contributed by atoms with E-state index in [-0.39, 0.29) is 11.9 Å². The molecule has 1 atom stereocenters. The lowest BCUT2D eigenvalue weighted by Crippen LogP contribution is -2.39. The summed E-state index contributed by atoms with van der Waals surface area (Å²) in [6.07, 6.45) is 4.65. The second kappa shape index (κ2) is 7.18. The number of amides is 1. The van der Waals surface area contributed by atoms with E-state index in [0.29, 0.717) is 11.4 Å². The number of carbonyl (C=O) groups excluding carboxylic acids is 1. The number of nitrogens with zero attached hydrogens (tertiary/aromatic N) is 3. The summed E-state index contributed by atoms with van der Waals surface area (Å²) in [6.45, 7) is 2.79. The maximum atomic E-state index is 13.1. The normalized spacial score (nSPS) is 17.6. The molecular weight excluding hydrogens is 324 g/mol. The van der Waals surface area contributed by atoms with Crippen molar-refractivity contribution in [1.29, 1.82) is 0 Å². The molecule has 0 aliphatic carbocycles. The predicted octanol–water partition coefficient (Wildman–Crippen LogP) is 3.85. The number of hydrogen-bond donors (Lipinski definition) is 1. The van der Waals surface area contributed by atoms with E-state index in [1.807, 2.05) is 30.0 Å². The van der Waals surface area contributed by atoms with Crippen LogP contribution in [0.4, 0.5) is 5.82 Å². The standard InChI is InChI=1S/C18H21ClN4O/c1-12-11-13(19)6-7-14(12)16-5-3-4-10-23(16)18(24)15-8-9-21-22-17(15)20-2/h6-9,11,16H,3-5,10H2,1-2H3,(H,20,22)/t16-/m0/s1. The molecule has 1 amide bonds. The molecule has 126 valence electrons. The van der Waals surface area contributed by atoms with Crippen LogP contribution in [0.3, 0.4) is 0 Å². The van der Waals surface area contributed by atoms with E-state index in [9.17, 15) is 4.79 Å². The van der Waals surface area contributed by atoms with E-state index in [1.165, 1.54) is 5.56 Å². The van der Waals surface area contributed by atoms with E-state index in [1.54, 1.807) is 19.3 Å². The quantitative estimate of drug-likeness (QED) is 0.918. The van der Waals surface area contributed by atoms with Crippen molar-refractivity contribution < 1.29 is 4.79 Å². The molecule has 0 spiro atoms. The van der Waals surface area contributed by atoms with Crippen molar-refractivity contribution in [2.45, 2.75) is 32.2 Å². The lowest BCUT2D eigenvalue weighted by atomic mass is 9.91. The highest BCUT2D eigenvalue weighted by molar-refractivity contribution is 6.30. The van der Waals surface area contributed by atoms with Gasteiger partial charge >= 0.3 is 0 Å². The molecule has 1 N–H and O–H groups in total. The SMILES string of the molecule is CNc1nnccc1C(=O)N1CCCC[C@H]1c1ccc(Cl)cc1C. The number of aryl methyl sites for hydroxylation is 1. The number of benzene rings is 1. The monoisotopic (exact) mass is 344 g/mol. The van der Waals surface area contributed by atoms with Crippen LogP contribution in [-0.4, -0.2) is 34.6 Å². The molecule has 1 saturated heterocycles. The largest absolute Gasteiger partial charge is 0.371 e. The molecule has 1 aliphatic rings. The Balaban J connectivity index is 1.96. The molecule has 1 fully saturated rings. The molecule has 1 aromatic heterocycles. The molecule has 0 radical (unpaired) electrons. The highest BCUT2D eigenvalue weighted by Gasteiger charge is 2.30. The minimum absolute atomic E-state index is 0.00620. The zero-order valence-corrected chi connectivity index (χ0v) is 14.7. The van der Waals surface area contributed by atoms with E-state index >= 15 is 0 Å². The van der Waals surface area contributed by atoms with Crippen LogP contribution in [0, 0.1) is 6.92 Å². The van der Waals surface area contributed by atoms with Gasteiger partial charge in [0.15, 0.2) is 5.82 Å². The number of piperidine rings is 1. The maximum absolute atomic E-state index is 13.1. The summed E-state index contributed by atoms with van der Waals surface area (Å²) in [5.41, 5.74) is 2.85. The molecule has 0 bridgehead atoms. The van der Waals surface area contributed by atoms with Crippen molar-refractivity contribution in [1.82, 2.24) is 15.1 Å². The molecule has 1 aromatic carbocycles. The third-order valence-corrected chi connectivity index (χ3v) is 4.78. The molecule has 5 nitrogen and oxygen atoms in total. The Hall–Kier alpha value is -2.14. The summed E-state index contributed by atoms with van der Waals surface area (Å²) < 4.78 is 0. The van der Waals surface area contributed by atoms with Gasteiger partial charge in [0.05, 0.1) is 17.8 Å². The second-order valence-corrected chi connectivity index (χ2v) is 6.49. The van der Waals surface area contributed by atoms with Gasteiger partial charge in [-0.05, 0) is 55.5 Å². The van der Waals surface area contributed by atoms with Crippen LogP contribution in [0.1, 0.15) is 46.8 Å². The van der Waals surface area contributed by atoms with Gasteiger partial charge in [0.2, 0.25) is 0 Å². The number of nitrogens with one attached hydrogen (secondary N) is 1. The summed E-state index contributed by atoms with van der Waals surface area (Å²) in [6, 6.07) is 7.69. The molecule has 2 aromatic rings. The molecule has 1 aliphatic heterocycles. The predicted molar refractivity (Wildman–Crippen MR) is 95.4 cm³/mol. The summed E-state index contributed by atoms with van der Waals surface area (Å²) in [7, 11) is 1.75. The van der Waals surface area contributed by atoms with E-state index < -0.39 is 0 Å². The number of halogens is 1. The van der Waals surface area contributed by atoms with Crippen molar-refractivity contribution in [3.05, 3.63) is 52.2 Å². The lowest BCUT2D eigenvalue weighted by molar-refractivity contribution is 0.0611. The van der Waals surface area contributed by atoms with Gasteiger partial charge in [-0.3, -0.25) is 4.79 Å². The highest BCUT2D eigenvalue weighted by Crippen LogP contribution is 2.35. The Kier molecular flexibility index (Phi) is 5.00. The van der Waals surface area contributed by atoms with Crippen molar-refractivity contribution in [3.63, 3.8) is 0 Å². The average Bonchev–Trinajstić information content (AvgIpc) is 2.61. The summed E-state index contributed by atoms with van der Waals surface area (Å²) in [5, 5.41) is 11.5. The van der Waals surface area contributed by atoms with E-state index in [4.69, 9.17) is 11.6 Å². The van der Waals surface area contributed by atoms with Crippen LogP contribution in [0.2, 0.25) is 5.02 Å². The molecule has 24 heavy (non-hydrogen) atoms. The van der Waals surface area contributed by atoms with Gasteiger partial charge in [-0.2, -0.15) is 5.10 Å². The van der Waals surface area contributed by atoms with Gasteiger partial charge in [0.1, 0.15) is 0 Å². The zero-order chi connectivity index (χ0) is 17.1. The number of carbonyl (C=O) groups is 1. The van der Waals surface area contributed by atoms with Crippen molar-refractivity contribution in [2.24, 2.45) is 0 Å². The first-order chi connectivity index (χ1) is 11.6. The van der Waals surface area contributed by atoms with Crippen molar-refractivity contribution in [3.8, 4) is 0 Å². The first kappa shape index (κ1) is 16.7. The third kappa shape index (κ3) is 3.22. The summed E-state index contributed by atoms with van der Waals surface area (Å²) in [4.78, 5) is 15.1. The van der Waals surface area contributed by atoms with E-state index in [0.717, 1.165) is 36.4 Å². The molecule has 2 heterocycles. The van der Waals surface area contributed by atoms with Gasteiger partial charge in [0.25, 0.3) is 5.91 Å². The Morgan fingerprint density at radius 1 is 1.33 bits per heavy atom. The molecule has 0 saturated carbocycles. The van der Waals surface area contributed by atoms with Crippen molar-refractivity contribution >= 4 is 23.3 Å². The van der Waals surface area contributed by atoms with Crippen LogP contribution in [-0.2, 0) is 0 Å².